The Labute approximate surface area is 430 Å². The average molecular weight is 943 g/mol. The molecule has 0 radical (unpaired) electrons. The lowest BCUT2D eigenvalue weighted by Crippen LogP contribution is -2.02. The minimum atomic E-state index is 0.0676. The van der Waals surface area contributed by atoms with E-state index >= 15 is 0 Å². The fourth-order valence-corrected chi connectivity index (χ4v) is 11.2. The van der Waals surface area contributed by atoms with Gasteiger partial charge in [-0.25, -0.2) is 15.0 Å². The van der Waals surface area contributed by atoms with Crippen LogP contribution in [0.15, 0.2) is 273 Å². The highest BCUT2D eigenvalue weighted by atomic mass is 15.0. The topological polar surface area (TPSA) is 43.6 Å². The summed E-state index contributed by atoms with van der Waals surface area (Å²) in [5.41, 5.74) is 22.1. The van der Waals surface area contributed by atoms with Gasteiger partial charge in [-0.2, -0.15) is 0 Å². The molecule has 14 rings (SSSR count). The van der Waals surface area contributed by atoms with E-state index in [1.165, 1.54) is 72.0 Å². The van der Waals surface area contributed by atoms with Crippen LogP contribution in [0.2, 0.25) is 0 Å². The zero-order valence-electron chi connectivity index (χ0n) is 40.3. The first-order valence-corrected chi connectivity index (χ1v) is 25.3. The van der Waals surface area contributed by atoms with Crippen LogP contribution in [0.5, 0.6) is 0 Å². The van der Waals surface area contributed by atoms with Crippen molar-refractivity contribution in [2.75, 3.05) is 0 Å². The zero-order chi connectivity index (χ0) is 49.0. The largest absolute Gasteiger partial charge is 0.309 e. The Kier molecular flexibility index (Phi) is 10.5. The first-order chi connectivity index (χ1) is 36.7. The predicted molar refractivity (Wildman–Crippen MR) is 305 cm³/mol. The zero-order valence-corrected chi connectivity index (χ0v) is 40.3. The van der Waals surface area contributed by atoms with E-state index < -0.39 is 0 Å². The van der Waals surface area contributed by atoms with Gasteiger partial charge in [0.2, 0.25) is 0 Å². The molecule has 0 spiro atoms. The van der Waals surface area contributed by atoms with Crippen molar-refractivity contribution in [3.8, 4) is 95.5 Å². The molecule has 4 heteroatoms. The lowest BCUT2D eigenvalue weighted by Gasteiger charge is -2.21. The van der Waals surface area contributed by atoms with Crippen molar-refractivity contribution in [3.63, 3.8) is 0 Å². The molecule has 0 amide bonds. The second-order valence-electron chi connectivity index (χ2n) is 19.1. The summed E-state index contributed by atoms with van der Waals surface area (Å²) in [7, 11) is 0. The summed E-state index contributed by atoms with van der Waals surface area (Å²) < 4.78 is 2.35. The van der Waals surface area contributed by atoms with E-state index in [0.717, 1.165) is 44.5 Å². The van der Waals surface area contributed by atoms with Gasteiger partial charge >= 0.3 is 0 Å². The molecule has 0 aliphatic heterocycles. The standard InChI is InChI=1S/C70H46N4/c1-4-18-46(19-5-1)51-24-16-25-54(42-51)57-40-38-52(45-64(57)67-61-31-12-10-28-58(61)59-29-11-13-32-62(59)67)48-34-36-50(37-35-48)69-71-68(49-22-8-3-9-23-49)72-70(73-69)55-26-17-27-56(43-55)74-65-33-15-14-30-60(65)63-44-53(39-41-66(63)74)47-20-6-2-7-21-47/h1-45,67H. The molecule has 2 heterocycles. The molecule has 0 N–H and O–H groups in total. The van der Waals surface area contributed by atoms with E-state index in [-0.39, 0.29) is 5.92 Å². The third-order valence-electron chi connectivity index (χ3n) is 14.8. The van der Waals surface area contributed by atoms with Crippen LogP contribution in [0.3, 0.4) is 0 Å². The van der Waals surface area contributed by atoms with E-state index in [2.05, 4.69) is 259 Å². The van der Waals surface area contributed by atoms with Crippen LogP contribution in [0.4, 0.5) is 0 Å². The number of hydrogen-bond donors (Lipinski definition) is 0. The molecule has 0 fully saturated rings. The highest BCUT2D eigenvalue weighted by molar-refractivity contribution is 6.10. The van der Waals surface area contributed by atoms with Crippen molar-refractivity contribution in [1.82, 2.24) is 19.5 Å². The summed E-state index contributed by atoms with van der Waals surface area (Å²) in [6, 6.07) is 98.0. The highest BCUT2D eigenvalue weighted by Gasteiger charge is 2.31. The maximum atomic E-state index is 5.25. The lowest BCUT2D eigenvalue weighted by molar-refractivity contribution is 1.02. The number of benzene rings is 11. The quantitative estimate of drug-likeness (QED) is 0.145. The Balaban J connectivity index is 0.862. The molecule has 11 aromatic carbocycles. The van der Waals surface area contributed by atoms with Gasteiger partial charge in [-0.1, -0.05) is 231 Å². The van der Waals surface area contributed by atoms with Crippen LogP contribution in [-0.2, 0) is 0 Å². The summed E-state index contributed by atoms with van der Waals surface area (Å²) in [6.45, 7) is 0. The molecule has 346 valence electrons. The molecule has 1 aliphatic rings. The molecule has 4 nitrogen and oxygen atoms in total. The second kappa shape index (κ2) is 18.1. The van der Waals surface area contributed by atoms with Gasteiger partial charge in [-0.3, -0.25) is 0 Å². The van der Waals surface area contributed by atoms with Crippen LogP contribution < -0.4 is 0 Å². The lowest BCUT2D eigenvalue weighted by atomic mass is 9.82. The van der Waals surface area contributed by atoms with Crippen LogP contribution in [-0.4, -0.2) is 19.5 Å². The van der Waals surface area contributed by atoms with Crippen LogP contribution in [0, 0.1) is 0 Å². The van der Waals surface area contributed by atoms with Gasteiger partial charge in [0, 0.05) is 39.1 Å². The van der Waals surface area contributed by atoms with Gasteiger partial charge in [0.05, 0.1) is 11.0 Å². The maximum Gasteiger partial charge on any atom is 0.164 e. The summed E-state index contributed by atoms with van der Waals surface area (Å²) >= 11 is 0. The Morgan fingerprint density at radius 3 is 1.38 bits per heavy atom. The van der Waals surface area contributed by atoms with Gasteiger partial charge < -0.3 is 4.57 Å². The normalized spacial score (nSPS) is 12.0. The number of hydrogen-bond acceptors (Lipinski definition) is 3. The molecular formula is C70H46N4. The van der Waals surface area contributed by atoms with E-state index in [1.807, 2.05) is 18.2 Å². The van der Waals surface area contributed by atoms with Crippen LogP contribution >= 0.6 is 0 Å². The highest BCUT2D eigenvalue weighted by Crippen LogP contribution is 2.51. The van der Waals surface area contributed by atoms with E-state index in [1.54, 1.807) is 0 Å². The Bertz CT molecular complexity index is 4190. The van der Waals surface area contributed by atoms with Crippen molar-refractivity contribution in [2.24, 2.45) is 0 Å². The second-order valence-corrected chi connectivity index (χ2v) is 19.1. The molecule has 74 heavy (non-hydrogen) atoms. The van der Waals surface area contributed by atoms with Crippen LogP contribution in [0.25, 0.3) is 117 Å². The van der Waals surface area contributed by atoms with Gasteiger partial charge in [0.25, 0.3) is 0 Å². The van der Waals surface area contributed by atoms with E-state index in [4.69, 9.17) is 15.0 Å². The fraction of sp³-hybridized carbons (Fsp3) is 0.0143. The minimum absolute atomic E-state index is 0.0676. The molecule has 0 saturated carbocycles. The fourth-order valence-electron chi connectivity index (χ4n) is 11.2. The first kappa shape index (κ1) is 43.1. The van der Waals surface area contributed by atoms with Crippen molar-refractivity contribution in [2.45, 2.75) is 5.92 Å². The Morgan fingerprint density at radius 1 is 0.243 bits per heavy atom. The molecule has 2 aromatic heterocycles. The molecule has 0 unspecified atom stereocenters. The SMILES string of the molecule is c1ccc(-c2cccc(-c3ccc(-c4ccc(-c5nc(-c6ccccc6)nc(-c6cccc(-n7c8ccccc8c8cc(-c9ccccc9)ccc87)c6)n5)cc4)cc3C3c4ccccc4-c4ccccc43)c2)cc1. The molecule has 13 aromatic rings. The van der Waals surface area contributed by atoms with E-state index in [0.29, 0.717) is 17.5 Å². The number of nitrogens with zero attached hydrogens (tertiary/aromatic N) is 4. The van der Waals surface area contributed by atoms with E-state index in [9.17, 15) is 0 Å². The van der Waals surface area contributed by atoms with Crippen molar-refractivity contribution < 1.29 is 0 Å². The van der Waals surface area contributed by atoms with Crippen molar-refractivity contribution >= 4 is 21.8 Å². The minimum Gasteiger partial charge on any atom is -0.309 e. The smallest absolute Gasteiger partial charge is 0.164 e. The predicted octanol–water partition coefficient (Wildman–Crippen LogP) is 17.8. The molecular weight excluding hydrogens is 897 g/mol. The van der Waals surface area contributed by atoms with Gasteiger partial charge in [-0.05, 0) is 115 Å². The average Bonchev–Trinajstić information content (AvgIpc) is 4.03. The van der Waals surface area contributed by atoms with Gasteiger partial charge in [0.1, 0.15) is 0 Å². The number of para-hydroxylation sites is 1. The number of rotatable bonds is 9. The summed E-state index contributed by atoms with van der Waals surface area (Å²) in [4.78, 5) is 15.6. The maximum absolute atomic E-state index is 5.25. The summed E-state index contributed by atoms with van der Waals surface area (Å²) in [5, 5.41) is 2.41. The summed E-state index contributed by atoms with van der Waals surface area (Å²) in [6.07, 6.45) is 0. The number of fused-ring (bicyclic) bond motifs is 6. The van der Waals surface area contributed by atoms with Gasteiger partial charge in [0.15, 0.2) is 17.5 Å². The molecule has 0 atom stereocenters. The Morgan fingerprint density at radius 2 is 0.689 bits per heavy atom. The molecule has 0 bridgehead atoms. The molecule has 0 saturated heterocycles. The van der Waals surface area contributed by atoms with Gasteiger partial charge in [-0.15, -0.1) is 0 Å². The monoisotopic (exact) mass is 942 g/mol. The first-order valence-electron chi connectivity index (χ1n) is 25.3. The Hall–Kier alpha value is -9.77. The summed E-state index contributed by atoms with van der Waals surface area (Å²) in [5.74, 6) is 1.92. The molecule has 1 aliphatic carbocycles. The van der Waals surface area contributed by atoms with Crippen molar-refractivity contribution in [1.29, 1.82) is 0 Å². The third kappa shape index (κ3) is 7.60. The number of aromatic nitrogens is 4. The van der Waals surface area contributed by atoms with Crippen molar-refractivity contribution in [3.05, 3.63) is 290 Å². The van der Waals surface area contributed by atoms with Crippen LogP contribution in [0.1, 0.15) is 22.6 Å². The third-order valence-corrected chi connectivity index (χ3v) is 14.8.